The second-order valence-corrected chi connectivity index (χ2v) is 6.51. The Morgan fingerprint density at radius 2 is 1.95 bits per heavy atom. The molecule has 0 amide bonds. The van der Waals surface area contributed by atoms with Crippen molar-refractivity contribution < 1.29 is 8.42 Å². The molecule has 0 saturated heterocycles. The second kappa shape index (κ2) is 6.33. The van der Waals surface area contributed by atoms with Crippen LogP contribution in [0.2, 0.25) is 0 Å². The van der Waals surface area contributed by atoms with Gasteiger partial charge < -0.3 is 5.32 Å². The van der Waals surface area contributed by atoms with Crippen molar-refractivity contribution in [2.45, 2.75) is 24.4 Å². The molecule has 8 heteroatoms. The third-order valence-electron chi connectivity index (χ3n) is 3.19. The first-order chi connectivity index (χ1) is 9.92. The molecule has 0 saturated carbocycles. The van der Waals surface area contributed by atoms with Gasteiger partial charge in [-0.3, -0.25) is 4.68 Å². The zero-order chi connectivity index (χ0) is 15.5. The average Bonchev–Trinajstić information content (AvgIpc) is 2.90. The van der Waals surface area contributed by atoms with Gasteiger partial charge in [-0.15, -0.1) is 0 Å². The van der Waals surface area contributed by atoms with E-state index in [1.54, 1.807) is 31.3 Å². The fourth-order valence-electron chi connectivity index (χ4n) is 1.81. The van der Waals surface area contributed by atoms with Gasteiger partial charge >= 0.3 is 0 Å². The first kappa shape index (κ1) is 15.6. The molecule has 0 spiro atoms. The SMILES string of the molecule is CNC(C)c1ccc(S(=O)(=O)NCc2ncn(C)n2)cc1. The summed E-state index contributed by atoms with van der Waals surface area (Å²) >= 11 is 0. The molecule has 0 radical (unpaired) electrons. The summed E-state index contributed by atoms with van der Waals surface area (Å²) in [5.41, 5.74) is 1.03. The molecule has 21 heavy (non-hydrogen) atoms. The van der Waals surface area contributed by atoms with Crippen LogP contribution in [0.4, 0.5) is 0 Å². The molecule has 1 aromatic carbocycles. The van der Waals surface area contributed by atoms with E-state index in [0.29, 0.717) is 5.82 Å². The number of nitrogens with zero attached hydrogens (tertiary/aromatic N) is 3. The van der Waals surface area contributed by atoms with Gasteiger partial charge in [0.2, 0.25) is 10.0 Å². The molecule has 2 rings (SSSR count). The Balaban J connectivity index is 2.08. The topological polar surface area (TPSA) is 88.9 Å². The molecule has 2 aromatic rings. The summed E-state index contributed by atoms with van der Waals surface area (Å²) in [5, 5.41) is 7.13. The lowest BCUT2D eigenvalue weighted by molar-refractivity contribution is 0.578. The standard InChI is InChI=1S/C13H19N5O2S/c1-10(14-2)11-4-6-12(7-5-11)21(19,20)16-8-13-15-9-18(3)17-13/h4-7,9-10,14,16H,8H2,1-3H3. The highest BCUT2D eigenvalue weighted by Crippen LogP contribution is 2.15. The zero-order valence-electron chi connectivity index (χ0n) is 12.2. The molecule has 1 atom stereocenters. The molecular formula is C13H19N5O2S. The number of benzene rings is 1. The van der Waals surface area contributed by atoms with Crippen molar-refractivity contribution in [3.8, 4) is 0 Å². The van der Waals surface area contributed by atoms with Crippen LogP contribution in [-0.4, -0.2) is 30.2 Å². The van der Waals surface area contributed by atoms with Gasteiger partial charge in [0, 0.05) is 13.1 Å². The molecular weight excluding hydrogens is 290 g/mol. The van der Waals surface area contributed by atoms with E-state index in [9.17, 15) is 8.42 Å². The molecule has 0 fully saturated rings. The van der Waals surface area contributed by atoms with Crippen LogP contribution < -0.4 is 10.0 Å². The Bertz CT molecular complexity index is 694. The number of hydrogen-bond acceptors (Lipinski definition) is 5. The lowest BCUT2D eigenvalue weighted by Gasteiger charge is -2.11. The largest absolute Gasteiger partial charge is 0.313 e. The minimum Gasteiger partial charge on any atom is -0.313 e. The van der Waals surface area contributed by atoms with Crippen LogP contribution in [0.15, 0.2) is 35.5 Å². The van der Waals surface area contributed by atoms with Crippen LogP contribution in [0.5, 0.6) is 0 Å². The predicted molar refractivity (Wildman–Crippen MR) is 78.9 cm³/mol. The molecule has 0 aliphatic rings. The number of rotatable bonds is 6. The molecule has 1 unspecified atom stereocenters. The Labute approximate surface area is 124 Å². The highest BCUT2D eigenvalue weighted by molar-refractivity contribution is 7.89. The number of aromatic nitrogens is 3. The van der Waals surface area contributed by atoms with E-state index in [0.717, 1.165) is 5.56 Å². The molecule has 1 aromatic heterocycles. The van der Waals surface area contributed by atoms with Gasteiger partial charge in [-0.2, -0.15) is 5.10 Å². The van der Waals surface area contributed by atoms with Crippen molar-refractivity contribution >= 4 is 10.0 Å². The van der Waals surface area contributed by atoms with Crippen LogP contribution in [0.1, 0.15) is 24.4 Å². The van der Waals surface area contributed by atoms with Gasteiger partial charge in [-0.05, 0) is 31.7 Å². The highest BCUT2D eigenvalue weighted by atomic mass is 32.2. The van der Waals surface area contributed by atoms with Crippen LogP contribution in [0.25, 0.3) is 0 Å². The highest BCUT2D eigenvalue weighted by Gasteiger charge is 2.15. The molecule has 0 bridgehead atoms. The summed E-state index contributed by atoms with van der Waals surface area (Å²) in [6.45, 7) is 2.08. The minimum atomic E-state index is -3.56. The maximum atomic E-state index is 12.2. The Morgan fingerprint density at radius 3 is 2.48 bits per heavy atom. The van der Waals surface area contributed by atoms with Crippen LogP contribution in [0.3, 0.4) is 0 Å². The molecule has 1 heterocycles. The second-order valence-electron chi connectivity index (χ2n) is 4.74. The van der Waals surface area contributed by atoms with Crippen molar-refractivity contribution in [3.63, 3.8) is 0 Å². The lowest BCUT2D eigenvalue weighted by atomic mass is 10.1. The van der Waals surface area contributed by atoms with E-state index in [-0.39, 0.29) is 17.5 Å². The summed E-state index contributed by atoms with van der Waals surface area (Å²) in [7, 11) is 0.0286. The van der Waals surface area contributed by atoms with Crippen LogP contribution >= 0.6 is 0 Å². The van der Waals surface area contributed by atoms with Crippen molar-refractivity contribution in [1.29, 1.82) is 0 Å². The summed E-state index contributed by atoms with van der Waals surface area (Å²) in [5.74, 6) is 0.432. The van der Waals surface area contributed by atoms with Gasteiger partial charge in [-0.25, -0.2) is 18.1 Å². The smallest absolute Gasteiger partial charge is 0.240 e. The summed E-state index contributed by atoms with van der Waals surface area (Å²) < 4.78 is 28.4. The maximum absolute atomic E-state index is 12.2. The van der Waals surface area contributed by atoms with Gasteiger partial charge in [0.05, 0.1) is 11.4 Å². The Morgan fingerprint density at radius 1 is 1.29 bits per heavy atom. The third kappa shape index (κ3) is 3.87. The first-order valence-corrected chi connectivity index (χ1v) is 8.02. The molecule has 114 valence electrons. The maximum Gasteiger partial charge on any atom is 0.240 e. The van der Waals surface area contributed by atoms with Gasteiger partial charge in [0.25, 0.3) is 0 Å². The van der Waals surface area contributed by atoms with Gasteiger partial charge in [0.15, 0.2) is 5.82 Å². The minimum absolute atomic E-state index is 0.0673. The summed E-state index contributed by atoms with van der Waals surface area (Å²) in [6.07, 6.45) is 1.53. The fourth-order valence-corrected chi connectivity index (χ4v) is 2.79. The monoisotopic (exact) mass is 309 g/mol. The van der Waals surface area contributed by atoms with Gasteiger partial charge in [0.1, 0.15) is 6.33 Å². The lowest BCUT2D eigenvalue weighted by Crippen LogP contribution is -2.24. The van der Waals surface area contributed by atoms with E-state index in [1.165, 1.54) is 11.0 Å². The average molecular weight is 309 g/mol. The van der Waals surface area contributed by atoms with E-state index in [4.69, 9.17) is 0 Å². The van der Waals surface area contributed by atoms with Crippen LogP contribution in [0, 0.1) is 0 Å². The van der Waals surface area contributed by atoms with E-state index in [1.807, 2.05) is 14.0 Å². The van der Waals surface area contributed by atoms with Crippen molar-refractivity contribution in [1.82, 2.24) is 24.8 Å². The number of sulfonamides is 1. The fraction of sp³-hybridized carbons (Fsp3) is 0.385. The first-order valence-electron chi connectivity index (χ1n) is 6.54. The van der Waals surface area contributed by atoms with Crippen molar-refractivity contribution in [2.75, 3.05) is 7.05 Å². The Hall–Kier alpha value is -1.77. The number of nitrogens with one attached hydrogen (secondary N) is 2. The predicted octanol–water partition coefficient (Wildman–Crippen LogP) is 0.574. The quantitative estimate of drug-likeness (QED) is 0.814. The number of aryl methyl sites for hydroxylation is 1. The third-order valence-corrected chi connectivity index (χ3v) is 4.61. The molecule has 7 nitrogen and oxygen atoms in total. The Kier molecular flexibility index (Phi) is 4.71. The summed E-state index contributed by atoms with van der Waals surface area (Å²) in [6, 6.07) is 6.96. The zero-order valence-corrected chi connectivity index (χ0v) is 13.1. The van der Waals surface area contributed by atoms with Crippen LogP contribution in [-0.2, 0) is 23.6 Å². The molecule has 0 aliphatic carbocycles. The van der Waals surface area contributed by atoms with Crippen molar-refractivity contribution in [2.24, 2.45) is 7.05 Å². The van der Waals surface area contributed by atoms with E-state index in [2.05, 4.69) is 20.1 Å². The molecule has 2 N–H and O–H groups in total. The van der Waals surface area contributed by atoms with E-state index >= 15 is 0 Å². The normalized spacial score (nSPS) is 13.3. The molecule has 0 aliphatic heterocycles. The summed E-state index contributed by atoms with van der Waals surface area (Å²) in [4.78, 5) is 4.20. The van der Waals surface area contributed by atoms with E-state index < -0.39 is 10.0 Å². The van der Waals surface area contributed by atoms with Crippen molar-refractivity contribution in [3.05, 3.63) is 42.0 Å². The van der Waals surface area contributed by atoms with Gasteiger partial charge in [-0.1, -0.05) is 12.1 Å². The number of hydrogen-bond donors (Lipinski definition) is 2.